The first-order chi connectivity index (χ1) is 8.25. The van der Waals surface area contributed by atoms with Crippen LogP contribution >= 0.6 is 11.8 Å². The molecule has 1 aromatic carbocycles. The van der Waals surface area contributed by atoms with Gasteiger partial charge < -0.3 is 5.73 Å². The Morgan fingerprint density at radius 2 is 1.83 bits per heavy atom. The molecule has 0 heterocycles. The summed E-state index contributed by atoms with van der Waals surface area (Å²) in [4.78, 5) is 0.000116. The normalized spacial score (nSPS) is 15.5. The fourth-order valence-electron chi connectivity index (χ4n) is 1.31. The lowest BCUT2D eigenvalue weighted by Crippen LogP contribution is -2.42. The molecule has 1 nitrogen and oxygen atoms in total. The first-order valence-corrected chi connectivity index (χ1v) is 6.07. The molecule has 0 aliphatic rings. The zero-order valence-corrected chi connectivity index (χ0v) is 10.3. The third-order valence-electron chi connectivity index (χ3n) is 2.34. The molecular weight excluding hydrogens is 273 g/mol. The lowest BCUT2D eigenvalue weighted by atomic mass is 10.1. The molecule has 0 bridgehead atoms. The molecule has 0 fully saturated rings. The van der Waals surface area contributed by atoms with Gasteiger partial charge in [-0.1, -0.05) is 6.92 Å². The minimum atomic E-state index is -4.50. The predicted molar refractivity (Wildman–Crippen MR) is 60.3 cm³/mol. The van der Waals surface area contributed by atoms with Gasteiger partial charge in [-0.2, -0.15) is 13.2 Å². The second-order valence-electron chi connectivity index (χ2n) is 3.73. The largest absolute Gasteiger partial charge is 0.402 e. The van der Waals surface area contributed by atoms with E-state index < -0.39 is 29.1 Å². The Kier molecular flexibility index (Phi) is 4.98. The van der Waals surface area contributed by atoms with Crippen LogP contribution in [0, 0.1) is 11.6 Å². The Labute approximate surface area is 106 Å². The molecule has 0 saturated heterocycles. The van der Waals surface area contributed by atoms with Gasteiger partial charge in [0.1, 0.15) is 5.25 Å². The van der Waals surface area contributed by atoms with E-state index in [2.05, 4.69) is 0 Å². The summed E-state index contributed by atoms with van der Waals surface area (Å²) in [5.74, 6) is -2.27. The number of thioether (sulfide) groups is 1. The van der Waals surface area contributed by atoms with Crippen molar-refractivity contribution >= 4 is 11.8 Å². The van der Waals surface area contributed by atoms with E-state index in [1.165, 1.54) is 6.92 Å². The van der Waals surface area contributed by atoms with Crippen molar-refractivity contribution in [3.05, 3.63) is 29.8 Å². The van der Waals surface area contributed by atoms with Gasteiger partial charge in [0.25, 0.3) is 0 Å². The highest BCUT2D eigenvalue weighted by molar-refractivity contribution is 8.00. The van der Waals surface area contributed by atoms with E-state index in [0.29, 0.717) is 11.8 Å². The minimum absolute atomic E-state index is 0.000116. The summed E-state index contributed by atoms with van der Waals surface area (Å²) in [5.41, 5.74) is 5.41. The van der Waals surface area contributed by atoms with Crippen molar-refractivity contribution in [3.8, 4) is 0 Å². The van der Waals surface area contributed by atoms with E-state index in [1.54, 1.807) is 0 Å². The van der Waals surface area contributed by atoms with E-state index >= 15 is 0 Å². The summed E-state index contributed by atoms with van der Waals surface area (Å²) in [6.07, 6.45) is -4.36. The van der Waals surface area contributed by atoms with Gasteiger partial charge in [0, 0.05) is 10.9 Å². The van der Waals surface area contributed by atoms with Crippen LogP contribution in [0.4, 0.5) is 22.0 Å². The van der Waals surface area contributed by atoms with E-state index in [1.807, 2.05) is 0 Å². The van der Waals surface area contributed by atoms with Gasteiger partial charge in [-0.25, -0.2) is 8.78 Å². The fourth-order valence-corrected chi connectivity index (χ4v) is 2.42. The van der Waals surface area contributed by atoms with Crippen molar-refractivity contribution in [2.75, 3.05) is 0 Å². The molecule has 2 atom stereocenters. The molecule has 0 aromatic heterocycles. The number of benzene rings is 1. The molecule has 1 rings (SSSR count). The maximum Gasteiger partial charge on any atom is 0.402 e. The zero-order chi connectivity index (χ0) is 13.9. The van der Waals surface area contributed by atoms with Crippen molar-refractivity contribution < 1.29 is 22.0 Å². The van der Waals surface area contributed by atoms with Crippen LogP contribution in [-0.4, -0.2) is 17.5 Å². The molecule has 2 N–H and O–H groups in total. The molecule has 0 radical (unpaired) electrons. The Morgan fingerprint density at radius 1 is 1.22 bits per heavy atom. The third kappa shape index (κ3) is 3.84. The molecule has 0 aliphatic carbocycles. The van der Waals surface area contributed by atoms with Crippen LogP contribution in [-0.2, 0) is 0 Å². The molecule has 102 valence electrons. The summed E-state index contributed by atoms with van der Waals surface area (Å²) in [5, 5.41) is -1.84. The SMILES string of the molecule is CCC(N)C(Sc1ccc(F)c(F)c1)C(F)(F)F. The molecule has 0 spiro atoms. The highest BCUT2D eigenvalue weighted by Crippen LogP contribution is 2.37. The number of hydrogen-bond donors (Lipinski definition) is 1. The Hall–Kier alpha value is -0.820. The lowest BCUT2D eigenvalue weighted by Gasteiger charge is -2.24. The second-order valence-corrected chi connectivity index (χ2v) is 4.94. The summed E-state index contributed by atoms with van der Waals surface area (Å²) in [7, 11) is 0. The molecular formula is C11H12F5NS. The number of nitrogens with two attached hydrogens (primary N) is 1. The first-order valence-electron chi connectivity index (χ1n) is 5.19. The summed E-state index contributed by atoms with van der Waals surface area (Å²) < 4.78 is 63.8. The smallest absolute Gasteiger partial charge is 0.326 e. The number of alkyl halides is 3. The van der Waals surface area contributed by atoms with Gasteiger partial charge in [0.05, 0.1) is 0 Å². The minimum Gasteiger partial charge on any atom is -0.326 e. The standard InChI is InChI=1S/C11H12F5NS/c1-2-9(17)10(11(14,15)16)18-6-3-4-7(12)8(13)5-6/h3-5,9-10H,2,17H2,1H3. The molecule has 0 aliphatic heterocycles. The number of hydrogen-bond acceptors (Lipinski definition) is 2. The summed E-state index contributed by atoms with van der Waals surface area (Å²) in [6, 6.07) is 1.54. The Bertz CT molecular complexity index is 407. The van der Waals surface area contributed by atoms with Crippen molar-refractivity contribution in [2.24, 2.45) is 5.73 Å². The van der Waals surface area contributed by atoms with Crippen LogP contribution < -0.4 is 5.73 Å². The first kappa shape index (κ1) is 15.2. The van der Waals surface area contributed by atoms with Crippen molar-refractivity contribution in [3.63, 3.8) is 0 Å². The van der Waals surface area contributed by atoms with E-state index in [9.17, 15) is 22.0 Å². The highest BCUT2D eigenvalue weighted by atomic mass is 32.2. The van der Waals surface area contributed by atoms with E-state index in [-0.39, 0.29) is 11.3 Å². The van der Waals surface area contributed by atoms with Gasteiger partial charge >= 0.3 is 6.18 Å². The van der Waals surface area contributed by atoms with Crippen LogP contribution in [0.15, 0.2) is 23.1 Å². The maximum atomic E-state index is 12.9. The van der Waals surface area contributed by atoms with E-state index in [0.717, 1.165) is 18.2 Å². The third-order valence-corrected chi connectivity index (χ3v) is 3.73. The monoisotopic (exact) mass is 285 g/mol. The van der Waals surface area contributed by atoms with Gasteiger partial charge in [-0.15, -0.1) is 11.8 Å². The second kappa shape index (κ2) is 5.88. The van der Waals surface area contributed by atoms with Crippen LogP contribution in [0.1, 0.15) is 13.3 Å². The van der Waals surface area contributed by atoms with Crippen LogP contribution in [0.2, 0.25) is 0 Å². The van der Waals surface area contributed by atoms with Crippen molar-refractivity contribution in [2.45, 2.75) is 35.7 Å². The molecule has 1 aromatic rings. The molecule has 2 unspecified atom stereocenters. The molecule has 0 saturated carbocycles. The van der Waals surface area contributed by atoms with Crippen LogP contribution in [0.3, 0.4) is 0 Å². The van der Waals surface area contributed by atoms with Crippen LogP contribution in [0.5, 0.6) is 0 Å². The predicted octanol–water partition coefficient (Wildman–Crippen LogP) is 3.73. The quantitative estimate of drug-likeness (QED) is 0.674. The van der Waals surface area contributed by atoms with Gasteiger partial charge in [0.2, 0.25) is 0 Å². The molecule has 18 heavy (non-hydrogen) atoms. The lowest BCUT2D eigenvalue weighted by molar-refractivity contribution is -0.132. The van der Waals surface area contributed by atoms with Crippen molar-refractivity contribution in [1.82, 2.24) is 0 Å². The topological polar surface area (TPSA) is 26.0 Å². The zero-order valence-electron chi connectivity index (χ0n) is 9.47. The highest BCUT2D eigenvalue weighted by Gasteiger charge is 2.43. The Balaban J connectivity index is 2.93. The fraction of sp³-hybridized carbons (Fsp3) is 0.455. The molecule has 0 amide bonds. The number of rotatable bonds is 4. The Morgan fingerprint density at radius 3 is 2.28 bits per heavy atom. The maximum absolute atomic E-state index is 12.9. The van der Waals surface area contributed by atoms with Gasteiger partial charge in [-0.3, -0.25) is 0 Å². The average molecular weight is 285 g/mol. The van der Waals surface area contributed by atoms with Gasteiger partial charge in [-0.05, 0) is 24.6 Å². The average Bonchev–Trinajstić information content (AvgIpc) is 2.28. The summed E-state index contributed by atoms with van der Waals surface area (Å²) in [6.45, 7) is 1.54. The molecule has 7 heteroatoms. The van der Waals surface area contributed by atoms with Crippen LogP contribution in [0.25, 0.3) is 0 Å². The summed E-state index contributed by atoms with van der Waals surface area (Å²) >= 11 is 0.395. The van der Waals surface area contributed by atoms with Crippen molar-refractivity contribution in [1.29, 1.82) is 0 Å². The van der Waals surface area contributed by atoms with Gasteiger partial charge in [0.15, 0.2) is 11.6 Å². The van der Waals surface area contributed by atoms with E-state index in [4.69, 9.17) is 5.73 Å². The number of halogens is 5.